The van der Waals surface area contributed by atoms with Crippen LogP contribution in [0, 0.1) is 23.7 Å². The van der Waals surface area contributed by atoms with Gasteiger partial charge in [0.05, 0.1) is 121 Å². The van der Waals surface area contributed by atoms with Gasteiger partial charge in [-0.15, -0.1) is 0 Å². The van der Waals surface area contributed by atoms with E-state index in [0.717, 1.165) is 6.92 Å². The second-order valence-corrected chi connectivity index (χ2v) is 34.7. The zero-order valence-corrected chi connectivity index (χ0v) is 76.3. The maximum absolute atomic E-state index is 13.2. The predicted molar refractivity (Wildman–Crippen MR) is 435 cm³/mol. The molecular formula is C80H141NO55. The van der Waals surface area contributed by atoms with Gasteiger partial charge in [0, 0.05) is 83.7 Å². The van der Waals surface area contributed by atoms with Crippen LogP contribution in [-0.4, -0.2) is 554 Å². The van der Waals surface area contributed by atoms with Crippen molar-refractivity contribution in [2.45, 2.75) is 362 Å². The largest absolute Gasteiger partial charge is 0.477 e. The van der Waals surface area contributed by atoms with E-state index in [2.05, 4.69) is 5.32 Å². The molecule has 0 radical (unpaired) electrons. The molecule has 9 fully saturated rings. The first-order valence-corrected chi connectivity index (χ1v) is 44.0. The second kappa shape index (κ2) is 52.9. The molecule has 56 nitrogen and oxygen atoms in total. The topological polar surface area (TPSA) is 911 Å². The number of ether oxygens (including phenoxy) is 18. The van der Waals surface area contributed by atoms with Crippen molar-refractivity contribution in [1.82, 2.24) is 5.32 Å². The fourth-order valence-corrected chi connectivity index (χ4v) is 17.2. The van der Waals surface area contributed by atoms with E-state index in [0.29, 0.717) is 13.2 Å². The Morgan fingerprint density at radius 1 is 0.353 bits per heavy atom. The van der Waals surface area contributed by atoms with Crippen LogP contribution in [0.3, 0.4) is 0 Å². The van der Waals surface area contributed by atoms with Crippen molar-refractivity contribution >= 4 is 29.8 Å². The van der Waals surface area contributed by atoms with E-state index in [1.807, 2.05) is 0 Å². The Balaban J connectivity index is 0.000000324. The summed E-state index contributed by atoms with van der Waals surface area (Å²) in [5, 5.41) is 331. The predicted octanol–water partition coefficient (Wildman–Crippen LogP) is -16.2. The number of hydrogen-bond acceptors (Lipinski definition) is 51. The number of carbonyl (C=O) groups excluding carboxylic acids is 1. The van der Waals surface area contributed by atoms with Gasteiger partial charge in [0.1, 0.15) is 171 Å². The Morgan fingerprint density at radius 2 is 0.654 bits per heavy atom. The Morgan fingerprint density at radius 3 is 0.971 bits per heavy atom. The zero-order chi connectivity index (χ0) is 103. The molecule has 136 heavy (non-hydrogen) atoms. The van der Waals surface area contributed by atoms with Gasteiger partial charge in [0.25, 0.3) is 23.1 Å². The van der Waals surface area contributed by atoms with Crippen LogP contribution >= 0.6 is 0 Å². The van der Waals surface area contributed by atoms with Gasteiger partial charge in [0.15, 0.2) is 18.9 Å². The number of carboxylic acids is 4. The van der Waals surface area contributed by atoms with Gasteiger partial charge in [-0.05, 0) is 27.7 Å². The zero-order valence-electron chi connectivity index (χ0n) is 76.3. The van der Waals surface area contributed by atoms with Crippen molar-refractivity contribution in [1.29, 1.82) is 0 Å². The maximum Gasteiger partial charge on any atom is 0.364 e. The summed E-state index contributed by atoms with van der Waals surface area (Å²) < 4.78 is 98.7. The van der Waals surface area contributed by atoms with Crippen LogP contribution in [0.25, 0.3) is 0 Å². The van der Waals surface area contributed by atoms with Gasteiger partial charge in [-0.1, -0.05) is 27.7 Å². The number of amides is 1. The monoisotopic (exact) mass is 2000 g/mol. The molecule has 9 aliphatic rings. The average Bonchev–Trinajstić information content (AvgIpc) is 0.753. The number of rotatable bonds is 38. The lowest BCUT2D eigenvalue weighted by molar-refractivity contribution is -0.379. The Bertz CT molecular complexity index is 3550. The summed E-state index contributed by atoms with van der Waals surface area (Å²) in [7, 11) is 2.77. The van der Waals surface area contributed by atoms with Gasteiger partial charge in [-0.25, -0.2) is 19.2 Å². The van der Waals surface area contributed by atoms with E-state index < -0.39 is 399 Å². The molecule has 0 spiro atoms. The molecule has 43 unspecified atom stereocenters. The summed E-state index contributed by atoms with van der Waals surface area (Å²) in [5.41, 5.74) is 0. The lowest BCUT2D eigenvalue weighted by Crippen LogP contribution is -2.69. The molecule has 0 aromatic heterocycles. The summed E-state index contributed by atoms with van der Waals surface area (Å²) in [6.07, 6.45) is -65.0. The van der Waals surface area contributed by atoms with Crippen LogP contribution in [0.15, 0.2) is 0 Å². The van der Waals surface area contributed by atoms with Gasteiger partial charge in [-0.3, -0.25) is 4.79 Å². The fraction of sp³-hybridized carbons (Fsp3) is 0.938. The minimum Gasteiger partial charge on any atom is -0.477 e. The Kier molecular flexibility index (Phi) is 46.7. The number of carbonyl (C=O) groups is 5. The van der Waals surface area contributed by atoms with Crippen molar-refractivity contribution in [2.24, 2.45) is 23.7 Å². The molecule has 9 heterocycles. The van der Waals surface area contributed by atoms with E-state index in [9.17, 15) is 177 Å². The minimum absolute atomic E-state index is 0.300. The van der Waals surface area contributed by atoms with Crippen LogP contribution in [0.5, 0.6) is 0 Å². The van der Waals surface area contributed by atoms with E-state index >= 15 is 0 Å². The van der Waals surface area contributed by atoms with Crippen molar-refractivity contribution in [2.75, 3.05) is 86.9 Å². The number of nitrogens with one attached hydrogen (secondary N) is 1. The van der Waals surface area contributed by atoms with Crippen LogP contribution in [0.1, 0.15) is 88.0 Å². The second-order valence-electron chi connectivity index (χ2n) is 34.7. The van der Waals surface area contributed by atoms with Gasteiger partial charge in [0.2, 0.25) is 5.91 Å². The highest BCUT2D eigenvalue weighted by Gasteiger charge is 2.65. The van der Waals surface area contributed by atoms with Crippen molar-refractivity contribution in [3.05, 3.63) is 0 Å². The molecule has 56 heteroatoms. The molecule has 33 N–H and O–H groups in total. The first-order valence-electron chi connectivity index (χ1n) is 44.0. The van der Waals surface area contributed by atoms with Gasteiger partial charge < -0.3 is 254 Å². The van der Waals surface area contributed by atoms with E-state index in [-0.39, 0.29) is 13.2 Å². The van der Waals surface area contributed by atoms with Crippen LogP contribution in [0.4, 0.5) is 0 Å². The fourth-order valence-electron chi connectivity index (χ4n) is 17.2. The Labute approximate surface area is 777 Å². The lowest BCUT2D eigenvalue weighted by atomic mass is 9.83. The van der Waals surface area contributed by atoms with E-state index in [4.69, 9.17) is 95.5 Å². The molecule has 1 amide bonds. The van der Waals surface area contributed by atoms with Crippen molar-refractivity contribution in [3.8, 4) is 0 Å². The number of aliphatic hydroxyl groups excluding tert-OH is 28. The first-order chi connectivity index (χ1) is 63.7. The first kappa shape index (κ1) is 120. The third kappa shape index (κ3) is 27.4. The Hall–Kier alpha value is -4.49. The third-order valence-corrected chi connectivity index (χ3v) is 25.6. The highest BCUT2D eigenvalue weighted by atomic mass is 16.8. The van der Waals surface area contributed by atoms with Crippen LogP contribution in [0.2, 0.25) is 0 Å². The molecule has 0 aromatic rings. The van der Waals surface area contributed by atoms with Crippen molar-refractivity contribution in [3.63, 3.8) is 0 Å². The standard InChI is InChI=1S/C35H59NO24.C27H46O19.2C9H18O6/c1-11-15(42)5-34(32(50)51,58-27(11)23(46)17(44)7-37)57-19(9-39)25(48)28-12(2)16(43)6-35(59-28,33(52)53)60-30-22(45)13(3)54-20(10-40)29(30)56-31-21(36-14(4)41)26(49)24(47)18(8-38)55-31;1-9-12(31)4-26(24(38)39,44-21(9)18(35)14(33)6-28)43-16(8-30)20(37)22-10(2)13(32)5-27(45-22,25(40)41)46-23-17(34)11(3)42-15(7-29)19(23)36;2*1-3-14-9-7(12)6(11)8(13-2)5(4-10)15-9/h11-13,15-31,37-40,42-49H,5-10H2,1-4H3,(H,36,41)(H,50,51)(H,52,53);9-23,28-37H,4-8H2,1-3H3,(H,38,39)(H,40,41);2*5-12H,3-4H2,1-2H3/t11?,12?,13?,15?,16?,17-,18?,19?,20?,21?,22?,23-,24?,25-,26?,27?,28?,29?,30?,31?,34?,35?;9?,10?,11?,12?,13?,14-,15?,16?,17?,18-,19?,20-,21?,22?,23?,26?,27?;;/m11../s1. The molecule has 9 aliphatic heterocycles. The minimum atomic E-state index is -3.05. The number of methoxy groups -OCH3 is 2. The SMILES string of the molecule is CC(=O)NC1C(OC2C(CO)OC(C)C(O)C2OC2(C(=O)O)CC(O)C(C)C([C@H](O)C(CO)OC3(C(=O)O)CC(O)C(C)C([C@H](O)[C@H](O)CO)O3)O2)OC(CO)C(O)C1O.CC1OC(CO)C(O)C(OC2(C(=O)O)CC(O)C(C)C([C@H](O)C(CO)OC3(C(=O)O)CC(O)C(C)C([C@H](O)[C@H](O)CO)O3)O2)C1O.CCOC1OC(CO)C(OC)C(O)C1O.CCOC1OC(CO)C(OC)C(O)C1O. The maximum atomic E-state index is 13.2. The summed E-state index contributed by atoms with van der Waals surface area (Å²) in [6.45, 7) is 5.87. The van der Waals surface area contributed by atoms with Gasteiger partial charge in [-0.2, -0.15) is 0 Å². The third-order valence-electron chi connectivity index (χ3n) is 25.6. The van der Waals surface area contributed by atoms with E-state index in [1.54, 1.807) is 13.8 Å². The number of aliphatic hydroxyl groups is 28. The van der Waals surface area contributed by atoms with Crippen LogP contribution < -0.4 is 5.32 Å². The average molecular weight is 2000 g/mol. The highest BCUT2D eigenvalue weighted by Crippen LogP contribution is 2.46. The summed E-state index contributed by atoms with van der Waals surface area (Å²) >= 11 is 0. The summed E-state index contributed by atoms with van der Waals surface area (Å²) in [6, 6.07) is -1.57. The molecule has 796 valence electrons. The quantitative estimate of drug-likeness (QED) is 0.0273. The van der Waals surface area contributed by atoms with Crippen LogP contribution in [-0.2, 0) is 109 Å². The number of aliphatic carboxylic acids is 4. The highest BCUT2D eigenvalue weighted by molar-refractivity contribution is 5.78. The molecule has 0 saturated carbocycles. The summed E-state index contributed by atoms with van der Waals surface area (Å²) in [4.78, 5) is 63.1. The lowest BCUT2D eigenvalue weighted by Gasteiger charge is -2.51. The van der Waals surface area contributed by atoms with Crippen molar-refractivity contribution < 1.29 is 273 Å². The summed E-state index contributed by atoms with van der Waals surface area (Å²) in [5.74, 6) is -24.6. The number of hydrogen-bond donors (Lipinski definition) is 33. The molecule has 0 aliphatic carbocycles. The molecule has 0 bridgehead atoms. The normalized spacial score (nSPS) is 44.0. The number of carboxylic acid groups (broad SMARTS) is 4. The molecular weight excluding hydrogens is 1850 g/mol. The smallest absolute Gasteiger partial charge is 0.364 e. The molecule has 9 saturated heterocycles. The molecule has 9 rings (SSSR count). The molecule has 0 aromatic carbocycles. The van der Waals surface area contributed by atoms with E-state index in [1.165, 1.54) is 55.8 Å². The molecule has 49 atom stereocenters. The van der Waals surface area contributed by atoms with Gasteiger partial charge >= 0.3 is 23.9 Å².